The number of hydrogen-bond acceptors (Lipinski definition) is 1. The van der Waals surface area contributed by atoms with Crippen molar-refractivity contribution in [1.29, 1.82) is 5.26 Å². The van der Waals surface area contributed by atoms with Crippen LogP contribution in [0.3, 0.4) is 0 Å². The molecule has 0 atom stereocenters. The molecule has 1 heteroatoms. The number of nitriles is 1. The van der Waals surface area contributed by atoms with E-state index in [4.69, 9.17) is 5.26 Å². The molecule has 1 nitrogen and oxygen atoms in total. The first kappa shape index (κ1) is 21.0. The van der Waals surface area contributed by atoms with Crippen LogP contribution in [-0.4, -0.2) is 0 Å². The molecule has 0 aromatic heterocycles. The van der Waals surface area contributed by atoms with E-state index in [9.17, 15) is 0 Å². The third kappa shape index (κ3) is 8.39. The van der Waals surface area contributed by atoms with Gasteiger partial charge in [0.2, 0.25) is 0 Å². The van der Waals surface area contributed by atoms with Gasteiger partial charge in [-0.3, -0.25) is 0 Å². The Morgan fingerprint density at radius 3 is 1.92 bits per heavy atom. The van der Waals surface area contributed by atoms with Crippen LogP contribution in [0.2, 0.25) is 0 Å². The molecule has 2 saturated carbocycles. The highest BCUT2D eigenvalue weighted by Crippen LogP contribution is 2.35. The van der Waals surface area contributed by atoms with Crippen molar-refractivity contribution >= 4 is 0 Å². The summed E-state index contributed by atoms with van der Waals surface area (Å²) in [5, 5.41) is 8.44. The Bertz CT molecular complexity index is 477. The van der Waals surface area contributed by atoms with Crippen molar-refractivity contribution < 1.29 is 0 Å². The van der Waals surface area contributed by atoms with Gasteiger partial charge in [-0.15, -0.1) is 0 Å². The first-order valence-corrected chi connectivity index (χ1v) is 11.2. The molecule has 0 unspecified atom stereocenters. The van der Waals surface area contributed by atoms with E-state index in [2.05, 4.69) is 25.2 Å². The van der Waals surface area contributed by atoms with Gasteiger partial charge < -0.3 is 0 Å². The standard InChI is InChI=1S/C25H39N/c1-2-3-9-22-11-15-24(16-12-22)19-20-25-17-13-23(14-18-25)10-7-5-4-6-8-21-26/h4-6,8,19-20,22-25H,2-3,7,9-18H2,1H3/b5-4?,8-6?,20-19+/t22-,23?,24-,25?. The van der Waals surface area contributed by atoms with Crippen molar-refractivity contribution in [2.45, 2.75) is 90.4 Å². The average molecular weight is 354 g/mol. The summed E-state index contributed by atoms with van der Waals surface area (Å²) in [6.07, 6.45) is 30.9. The molecule has 0 aliphatic heterocycles. The summed E-state index contributed by atoms with van der Waals surface area (Å²) in [7, 11) is 0. The second kappa shape index (κ2) is 13.0. The molecule has 2 rings (SSSR count). The molecule has 26 heavy (non-hydrogen) atoms. The van der Waals surface area contributed by atoms with Crippen LogP contribution in [0.25, 0.3) is 0 Å². The molecule has 0 saturated heterocycles. The molecule has 144 valence electrons. The Morgan fingerprint density at radius 2 is 1.38 bits per heavy atom. The van der Waals surface area contributed by atoms with Crippen molar-refractivity contribution in [3.63, 3.8) is 0 Å². The lowest BCUT2D eigenvalue weighted by molar-refractivity contribution is 0.283. The molecule has 0 bridgehead atoms. The zero-order chi connectivity index (χ0) is 18.5. The van der Waals surface area contributed by atoms with E-state index in [1.54, 1.807) is 0 Å². The maximum absolute atomic E-state index is 8.44. The molecule has 0 amide bonds. The largest absolute Gasteiger partial charge is 0.193 e. The topological polar surface area (TPSA) is 23.8 Å². The smallest absolute Gasteiger partial charge is 0.0912 e. The fraction of sp³-hybridized carbons (Fsp3) is 0.720. The molecular formula is C25H39N. The fourth-order valence-electron chi connectivity index (χ4n) is 4.75. The van der Waals surface area contributed by atoms with Gasteiger partial charge in [0.25, 0.3) is 0 Å². The third-order valence-electron chi connectivity index (χ3n) is 6.56. The lowest BCUT2D eigenvalue weighted by atomic mass is 9.77. The van der Waals surface area contributed by atoms with Gasteiger partial charge in [0.1, 0.15) is 0 Å². The molecule has 2 fully saturated rings. The highest BCUT2D eigenvalue weighted by Gasteiger charge is 2.21. The first-order chi connectivity index (χ1) is 12.8. The molecule has 0 heterocycles. The van der Waals surface area contributed by atoms with E-state index in [-0.39, 0.29) is 0 Å². The highest BCUT2D eigenvalue weighted by molar-refractivity contribution is 5.11. The molecule has 0 radical (unpaired) electrons. The van der Waals surface area contributed by atoms with Crippen LogP contribution in [0.1, 0.15) is 90.4 Å². The SMILES string of the molecule is CCCC[C@H]1CC[C@H](/C=C/C2CCC(CCC=CC=CC#N)CC2)CC1. The second-order valence-corrected chi connectivity index (χ2v) is 8.58. The number of rotatable bonds is 9. The minimum atomic E-state index is 0.846. The van der Waals surface area contributed by atoms with E-state index in [0.717, 1.165) is 30.1 Å². The summed E-state index contributed by atoms with van der Waals surface area (Å²) < 4.78 is 0. The van der Waals surface area contributed by atoms with Crippen molar-refractivity contribution in [2.24, 2.45) is 23.7 Å². The summed E-state index contributed by atoms with van der Waals surface area (Å²) in [4.78, 5) is 0. The lowest BCUT2D eigenvalue weighted by Gasteiger charge is -2.28. The molecule has 0 spiro atoms. The Labute approximate surface area is 162 Å². The van der Waals surface area contributed by atoms with E-state index >= 15 is 0 Å². The number of nitrogens with zero attached hydrogens (tertiary/aromatic N) is 1. The second-order valence-electron chi connectivity index (χ2n) is 8.58. The zero-order valence-corrected chi connectivity index (χ0v) is 16.9. The summed E-state index contributed by atoms with van der Waals surface area (Å²) in [5.41, 5.74) is 0. The first-order valence-electron chi connectivity index (χ1n) is 11.2. The molecule has 0 N–H and O–H groups in total. The van der Waals surface area contributed by atoms with Crippen molar-refractivity contribution in [1.82, 2.24) is 0 Å². The van der Waals surface area contributed by atoms with Crippen LogP contribution in [0.5, 0.6) is 0 Å². The summed E-state index contributed by atoms with van der Waals surface area (Å²) >= 11 is 0. The van der Waals surface area contributed by atoms with Crippen molar-refractivity contribution in [3.8, 4) is 6.07 Å². The Hall–Kier alpha value is -1.29. The van der Waals surface area contributed by atoms with Crippen LogP contribution in [0, 0.1) is 35.0 Å². The molecular weight excluding hydrogens is 314 g/mol. The van der Waals surface area contributed by atoms with Gasteiger partial charge in [-0.1, -0.05) is 56.6 Å². The van der Waals surface area contributed by atoms with E-state index < -0.39 is 0 Å². The van der Waals surface area contributed by atoms with Crippen LogP contribution < -0.4 is 0 Å². The minimum absolute atomic E-state index is 0.846. The monoisotopic (exact) mass is 353 g/mol. The maximum atomic E-state index is 8.44. The zero-order valence-electron chi connectivity index (χ0n) is 16.9. The normalized spacial score (nSPS) is 30.3. The van der Waals surface area contributed by atoms with Gasteiger partial charge in [0.05, 0.1) is 6.07 Å². The van der Waals surface area contributed by atoms with E-state index in [1.165, 1.54) is 83.1 Å². The number of hydrogen-bond donors (Lipinski definition) is 0. The third-order valence-corrected chi connectivity index (χ3v) is 6.56. The number of unbranched alkanes of at least 4 members (excludes halogenated alkanes) is 1. The number of allylic oxidation sites excluding steroid dienone is 6. The van der Waals surface area contributed by atoms with Gasteiger partial charge in [0, 0.05) is 6.08 Å². The quantitative estimate of drug-likeness (QED) is 0.236. The van der Waals surface area contributed by atoms with Crippen LogP contribution in [-0.2, 0) is 0 Å². The van der Waals surface area contributed by atoms with Crippen molar-refractivity contribution in [2.75, 3.05) is 0 Å². The Kier molecular flexibility index (Phi) is 10.5. The van der Waals surface area contributed by atoms with Gasteiger partial charge >= 0.3 is 0 Å². The van der Waals surface area contributed by atoms with E-state index in [0.29, 0.717) is 0 Å². The van der Waals surface area contributed by atoms with Crippen LogP contribution in [0.4, 0.5) is 0 Å². The fourth-order valence-corrected chi connectivity index (χ4v) is 4.75. The van der Waals surface area contributed by atoms with Crippen molar-refractivity contribution in [3.05, 3.63) is 36.5 Å². The molecule has 0 aromatic rings. The summed E-state index contributed by atoms with van der Waals surface area (Å²) in [6.45, 7) is 2.31. The van der Waals surface area contributed by atoms with Gasteiger partial charge in [-0.05, 0) is 87.9 Å². The lowest BCUT2D eigenvalue weighted by Crippen LogP contribution is -2.15. The average Bonchev–Trinajstić information content (AvgIpc) is 2.69. The summed E-state index contributed by atoms with van der Waals surface area (Å²) in [5.74, 6) is 3.66. The Morgan fingerprint density at radius 1 is 0.808 bits per heavy atom. The van der Waals surface area contributed by atoms with Gasteiger partial charge in [-0.2, -0.15) is 5.26 Å². The highest BCUT2D eigenvalue weighted by atomic mass is 14.3. The predicted octanol–water partition coefficient (Wildman–Crippen LogP) is 7.76. The van der Waals surface area contributed by atoms with Gasteiger partial charge in [-0.25, -0.2) is 0 Å². The molecule has 0 aromatic carbocycles. The molecule has 2 aliphatic rings. The molecule has 2 aliphatic carbocycles. The predicted molar refractivity (Wildman–Crippen MR) is 113 cm³/mol. The van der Waals surface area contributed by atoms with Crippen LogP contribution in [0.15, 0.2) is 36.5 Å². The van der Waals surface area contributed by atoms with Crippen LogP contribution >= 0.6 is 0 Å². The minimum Gasteiger partial charge on any atom is -0.193 e. The van der Waals surface area contributed by atoms with E-state index in [1.807, 2.05) is 18.2 Å². The summed E-state index contributed by atoms with van der Waals surface area (Å²) in [6, 6.07) is 2.02. The van der Waals surface area contributed by atoms with Gasteiger partial charge in [0.15, 0.2) is 0 Å². The Balaban J connectivity index is 1.57. The maximum Gasteiger partial charge on any atom is 0.0912 e.